The fourth-order valence-electron chi connectivity index (χ4n) is 1.46. The molecule has 0 heterocycles. The third kappa shape index (κ3) is 3.03. The Kier molecular flexibility index (Phi) is 3.74. The molecule has 17 heavy (non-hydrogen) atoms. The van der Waals surface area contributed by atoms with Gasteiger partial charge in [0.1, 0.15) is 11.6 Å². The third-order valence-electron chi connectivity index (χ3n) is 2.35. The fraction of sp³-hybridized carbons (Fsp3) is 0.0769. The molecule has 0 aromatic heterocycles. The van der Waals surface area contributed by atoms with Gasteiger partial charge in [-0.15, -0.1) is 0 Å². The molecule has 0 aliphatic heterocycles. The summed E-state index contributed by atoms with van der Waals surface area (Å²) in [5, 5.41) is 2.97. The van der Waals surface area contributed by atoms with Crippen LogP contribution in [0, 0.1) is 11.6 Å². The lowest BCUT2D eigenvalue weighted by Crippen LogP contribution is -2.02. The van der Waals surface area contributed by atoms with E-state index in [-0.39, 0.29) is 11.6 Å². The molecule has 0 aliphatic rings. The number of benzene rings is 2. The molecule has 0 radical (unpaired) electrons. The van der Waals surface area contributed by atoms with Crippen molar-refractivity contribution >= 4 is 21.6 Å². The van der Waals surface area contributed by atoms with Crippen molar-refractivity contribution < 1.29 is 8.78 Å². The molecule has 1 N–H and O–H groups in total. The average Bonchev–Trinajstić information content (AvgIpc) is 2.31. The van der Waals surface area contributed by atoms with Crippen LogP contribution in [0.4, 0.5) is 14.5 Å². The summed E-state index contributed by atoms with van der Waals surface area (Å²) < 4.78 is 26.8. The molecule has 0 aliphatic carbocycles. The van der Waals surface area contributed by atoms with Crippen molar-refractivity contribution in [2.24, 2.45) is 0 Å². The van der Waals surface area contributed by atoms with E-state index in [1.54, 1.807) is 24.3 Å². The summed E-state index contributed by atoms with van der Waals surface area (Å²) in [5.41, 5.74) is 1.30. The van der Waals surface area contributed by atoms with Crippen LogP contribution in [-0.4, -0.2) is 0 Å². The highest BCUT2D eigenvalue weighted by Gasteiger charge is 2.05. The van der Waals surface area contributed by atoms with Crippen LogP contribution in [0.1, 0.15) is 5.56 Å². The standard InChI is InChI=1S/C13H10BrF2N/c14-11-2-1-3-12(16)13(11)17-8-9-4-6-10(15)7-5-9/h1-7,17H,8H2. The second-order valence-electron chi connectivity index (χ2n) is 3.58. The average molecular weight is 298 g/mol. The van der Waals surface area contributed by atoms with E-state index in [0.717, 1.165) is 5.56 Å². The van der Waals surface area contributed by atoms with Gasteiger partial charge in [-0.2, -0.15) is 0 Å². The Labute approximate surface area is 107 Å². The number of hydrogen-bond donors (Lipinski definition) is 1. The van der Waals surface area contributed by atoms with Gasteiger partial charge in [0.05, 0.1) is 5.69 Å². The Hall–Kier alpha value is -1.42. The first-order valence-corrected chi connectivity index (χ1v) is 5.88. The molecule has 0 saturated carbocycles. The maximum Gasteiger partial charge on any atom is 0.147 e. The third-order valence-corrected chi connectivity index (χ3v) is 3.01. The SMILES string of the molecule is Fc1ccc(CNc2c(F)cccc2Br)cc1. The van der Waals surface area contributed by atoms with E-state index in [1.165, 1.54) is 18.2 Å². The van der Waals surface area contributed by atoms with Gasteiger partial charge in [0, 0.05) is 11.0 Å². The lowest BCUT2D eigenvalue weighted by Gasteiger charge is -2.09. The van der Waals surface area contributed by atoms with Gasteiger partial charge >= 0.3 is 0 Å². The first-order valence-electron chi connectivity index (χ1n) is 5.09. The van der Waals surface area contributed by atoms with Crippen LogP contribution in [-0.2, 0) is 6.54 Å². The van der Waals surface area contributed by atoms with Crippen LogP contribution < -0.4 is 5.32 Å². The highest BCUT2D eigenvalue weighted by molar-refractivity contribution is 9.10. The summed E-state index contributed by atoms with van der Waals surface area (Å²) in [7, 11) is 0. The number of rotatable bonds is 3. The van der Waals surface area contributed by atoms with E-state index in [4.69, 9.17) is 0 Å². The van der Waals surface area contributed by atoms with E-state index in [2.05, 4.69) is 21.2 Å². The smallest absolute Gasteiger partial charge is 0.147 e. The van der Waals surface area contributed by atoms with Gasteiger partial charge < -0.3 is 5.32 Å². The van der Waals surface area contributed by atoms with Gasteiger partial charge in [0.25, 0.3) is 0 Å². The van der Waals surface area contributed by atoms with E-state index >= 15 is 0 Å². The Morgan fingerprint density at radius 2 is 1.71 bits per heavy atom. The highest BCUT2D eigenvalue weighted by atomic mass is 79.9. The van der Waals surface area contributed by atoms with Gasteiger partial charge in [-0.3, -0.25) is 0 Å². The molecule has 0 atom stereocenters. The van der Waals surface area contributed by atoms with Crippen LogP contribution in [0.5, 0.6) is 0 Å². The Morgan fingerprint density at radius 3 is 2.35 bits per heavy atom. The summed E-state index contributed by atoms with van der Waals surface area (Å²) in [6, 6.07) is 10.9. The molecule has 0 spiro atoms. The molecule has 0 bridgehead atoms. The second kappa shape index (κ2) is 5.27. The summed E-state index contributed by atoms with van der Waals surface area (Å²) in [6.07, 6.45) is 0. The van der Waals surface area contributed by atoms with Crippen LogP contribution in [0.15, 0.2) is 46.9 Å². The number of halogens is 3. The topological polar surface area (TPSA) is 12.0 Å². The van der Waals surface area contributed by atoms with E-state index in [0.29, 0.717) is 16.7 Å². The van der Waals surface area contributed by atoms with Crippen LogP contribution >= 0.6 is 15.9 Å². The zero-order valence-corrected chi connectivity index (χ0v) is 10.5. The van der Waals surface area contributed by atoms with Crippen molar-refractivity contribution in [1.82, 2.24) is 0 Å². The predicted molar refractivity (Wildman–Crippen MR) is 67.8 cm³/mol. The molecular weight excluding hydrogens is 288 g/mol. The van der Waals surface area contributed by atoms with Crippen molar-refractivity contribution in [3.8, 4) is 0 Å². The summed E-state index contributed by atoms with van der Waals surface area (Å²) >= 11 is 3.27. The molecule has 2 aromatic rings. The molecule has 0 fully saturated rings. The minimum absolute atomic E-state index is 0.277. The number of nitrogens with one attached hydrogen (secondary N) is 1. The molecule has 2 rings (SSSR count). The normalized spacial score (nSPS) is 10.3. The number of para-hydroxylation sites is 1. The van der Waals surface area contributed by atoms with Gasteiger partial charge in [-0.1, -0.05) is 18.2 Å². The lowest BCUT2D eigenvalue weighted by atomic mass is 10.2. The minimum Gasteiger partial charge on any atom is -0.378 e. The number of hydrogen-bond acceptors (Lipinski definition) is 1. The van der Waals surface area contributed by atoms with Gasteiger partial charge in [-0.25, -0.2) is 8.78 Å². The van der Waals surface area contributed by atoms with Crippen molar-refractivity contribution in [3.05, 3.63) is 64.1 Å². The molecule has 2 aromatic carbocycles. The molecule has 0 unspecified atom stereocenters. The second-order valence-corrected chi connectivity index (χ2v) is 4.43. The van der Waals surface area contributed by atoms with Crippen LogP contribution in [0.3, 0.4) is 0 Å². The van der Waals surface area contributed by atoms with E-state index in [1.807, 2.05) is 0 Å². The van der Waals surface area contributed by atoms with Crippen LogP contribution in [0.25, 0.3) is 0 Å². The fourth-order valence-corrected chi connectivity index (χ4v) is 1.94. The molecule has 0 saturated heterocycles. The van der Waals surface area contributed by atoms with Crippen molar-refractivity contribution in [2.75, 3.05) is 5.32 Å². The maximum atomic E-state index is 13.5. The summed E-state index contributed by atoms with van der Waals surface area (Å²) in [4.78, 5) is 0. The highest BCUT2D eigenvalue weighted by Crippen LogP contribution is 2.25. The Bertz CT molecular complexity index is 491. The molecular formula is C13H10BrF2N. The summed E-state index contributed by atoms with van der Waals surface area (Å²) in [6.45, 7) is 0.444. The first-order chi connectivity index (χ1) is 8.16. The monoisotopic (exact) mass is 297 g/mol. The molecule has 88 valence electrons. The van der Waals surface area contributed by atoms with Gasteiger partial charge in [0.2, 0.25) is 0 Å². The van der Waals surface area contributed by atoms with E-state index < -0.39 is 0 Å². The quantitative estimate of drug-likeness (QED) is 0.889. The molecule has 0 amide bonds. The Balaban J connectivity index is 2.10. The van der Waals surface area contributed by atoms with Gasteiger partial charge in [0.15, 0.2) is 0 Å². The van der Waals surface area contributed by atoms with E-state index in [9.17, 15) is 8.78 Å². The summed E-state index contributed by atoms with van der Waals surface area (Å²) in [5.74, 6) is -0.595. The number of anilines is 1. The predicted octanol–water partition coefficient (Wildman–Crippen LogP) is 4.34. The maximum absolute atomic E-state index is 13.5. The van der Waals surface area contributed by atoms with Crippen molar-refractivity contribution in [2.45, 2.75) is 6.54 Å². The lowest BCUT2D eigenvalue weighted by molar-refractivity contribution is 0.626. The largest absolute Gasteiger partial charge is 0.378 e. The first kappa shape index (κ1) is 12.0. The zero-order valence-electron chi connectivity index (χ0n) is 8.88. The van der Waals surface area contributed by atoms with Crippen molar-refractivity contribution in [1.29, 1.82) is 0 Å². The van der Waals surface area contributed by atoms with Crippen molar-refractivity contribution in [3.63, 3.8) is 0 Å². The van der Waals surface area contributed by atoms with Gasteiger partial charge in [-0.05, 0) is 45.8 Å². The Morgan fingerprint density at radius 1 is 1.00 bits per heavy atom. The molecule has 1 nitrogen and oxygen atoms in total. The van der Waals surface area contributed by atoms with Crippen LogP contribution in [0.2, 0.25) is 0 Å². The minimum atomic E-state index is -0.318. The zero-order chi connectivity index (χ0) is 12.3. The molecule has 4 heteroatoms.